The third-order valence-corrected chi connectivity index (χ3v) is 3.97. The van der Waals surface area contributed by atoms with E-state index in [1.54, 1.807) is 6.07 Å². The SMILES string of the molecule is O=C(Nc1cc(F)ccc1Br)C1Cc2ccccc2N1. The van der Waals surface area contributed by atoms with Crippen LogP contribution in [-0.2, 0) is 11.2 Å². The molecule has 1 heterocycles. The summed E-state index contributed by atoms with van der Waals surface area (Å²) in [6.45, 7) is 0. The van der Waals surface area contributed by atoms with Crippen LogP contribution in [0.5, 0.6) is 0 Å². The average molecular weight is 335 g/mol. The Kier molecular flexibility index (Phi) is 3.44. The molecule has 0 aromatic heterocycles. The monoisotopic (exact) mass is 334 g/mol. The quantitative estimate of drug-likeness (QED) is 0.881. The number of anilines is 2. The number of benzene rings is 2. The van der Waals surface area contributed by atoms with E-state index in [0.29, 0.717) is 16.6 Å². The zero-order valence-corrected chi connectivity index (χ0v) is 12.1. The fourth-order valence-electron chi connectivity index (χ4n) is 2.27. The second-order valence-electron chi connectivity index (χ2n) is 4.67. The van der Waals surface area contributed by atoms with E-state index >= 15 is 0 Å². The Bertz CT molecular complexity index is 650. The van der Waals surface area contributed by atoms with E-state index in [0.717, 1.165) is 11.3 Å². The van der Waals surface area contributed by atoms with Crippen molar-refractivity contribution < 1.29 is 9.18 Å². The standard InChI is InChI=1S/C15H12BrFN2O/c16-11-6-5-10(17)8-13(11)19-15(20)14-7-9-3-1-2-4-12(9)18-14/h1-6,8,14,18H,7H2,(H,19,20). The fourth-order valence-corrected chi connectivity index (χ4v) is 2.61. The Morgan fingerprint density at radius 3 is 2.90 bits per heavy atom. The second-order valence-corrected chi connectivity index (χ2v) is 5.53. The van der Waals surface area contributed by atoms with Gasteiger partial charge in [0.1, 0.15) is 11.9 Å². The molecule has 0 radical (unpaired) electrons. The first-order valence-corrected chi connectivity index (χ1v) is 7.03. The summed E-state index contributed by atoms with van der Waals surface area (Å²) < 4.78 is 13.9. The van der Waals surface area contributed by atoms with Crippen LogP contribution in [0.2, 0.25) is 0 Å². The number of carbonyl (C=O) groups excluding carboxylic acids is 1. The van der Waals surface area contributed by atoms with Gasteiger partial charge in [-0.05, 0) is 45.8 Å². The molecule has 3 nitrogen and oxygen atoms in total. The molecule has 0 spiro atoms. The molecule has 1 aliphatic rings. The number of para-hydroxylation sites is 1. The molecule has 2 aromatic rings. The highest BCUT2D eigenvalue weighted by atomic mass is 79.9. The highest BCUT2D eigenvalue weighted by molar-refractivity contribution is 9.10. The molecule has 2 N–H and O–H groups in total. The van der Waals surface area contributed by atoms with Crippen molar-refractivity contribution in [2.24, 2.45) is 0 Å². The van der Waals surface area contributed by atoms with Gasteiger partial charge >= 0.3 is 0 Å². The van der Waals surface area contributed by atoms with E-state index in [1.807, 2.05) is 24.3 Å². The summed E-state index contributed by atoms with van der Waals surface area (Å²) in [4.78, 5) is 12.2. The number of rotatable bonds is 2. The first-order valence-electron chi connectivity index (χ1n) is 6.24. The van der Waals surface area contributed by atoms with Crippen LogP contribution in [0.3, 0.4) is 0 Å². The average Bonchev–Trinajstić information content (AvgIpc) is 2.87. The molecule has 1 aliphatic heterocycles. The number of hydrogen-bond donors (Lipinski definition) is 2. The van der Waals surface area contributed by atoms with Crippen LogP contribution < -0.4 is 10.6 Å². The van der Waals surface area contributed by atoms with Crippen molar-refractivity contribution in [2.45, 2.75) is 12.5 Å². The van der Waals surface area contributed by atoms with Crippen molar-refractivity contribution in [1.29, 1.82) is 0 Å². The highest BCUT2D eigenvalue weighted by Crippen LogP contribution is 2.27. The van der Waals surface area contributed by atoms with Crippen molar-refractivity contribution in [1.82, 2.24) is 0 Å². The topological polar surface area (TPSA) is 41.1 Å². The molecule has 1 unspecified atom stereocenters. The van der Waals surface area contributed by atoms with Gasteiger partial charge in [-0.3, -0.25) is 4.79 Å². The van der Waals surface area contributed by atoms with Crippen LogP contribution in [0.25, 0.3) is 0 Å². The maximum absolute atomic E-state index is 13.2. The molecule has 0 saturated carbocycles. The molecule has 0 fully saturated rings. The molecule has 0 saturated heterocycles. The zero-order valence-electron chi connectivity index (χ0n) is 10.5. The van der Waals surface area contributed by atoms with Gasteiger partial charge in [0, 0.05) is 16.6 Å². The minimum absolute atomic E-state index is 0.174. The van der Waals surface area contributed by atoms with Gasteiger partial charge in [0.15, 0.2) is 0 Å². The van der Waals surface area contributed by atoms with Gasteiger partial charge < -0.3 is 10.6 Å². The predicted molar refractivity (Wildman–Crippen MR) is 80.3 cm³/mol. The summed E-state index contributed by atoms with van der Waals surface area (Å²) in [5.74, 6) is -0.557. The van der Waals surface area contributed by atoms with E-state index < -0.39 is 0 Å². The third kappa shape index (κ3) is 2.54. The first kappa shape index (κ1) is 13.1. The Morgan fingerprint density at radius 2 is 2.10 bits per heavy atom. The van der Waals surface area contributed by atoms with Crippen LogP contribution in [0, 0.1) is 5.82 Å². The van der Waals surface area contributed by atoms with E-state index in [9.17, 15) is 9.18 Å². The van der Waals surface area contributed by atoms with Gasteiger partial charge in [-0.2, -0.15) is 0 Å². The Balaban J connectivity index is 1.74. The first-order chi connectivity index (χ1) is 9.63. The normalized spacial score (nSPS) is 16.4. The van der Waals surface area contributed by atoms with E-state index in [-0.39, 0.29) is 17.8 Å². The smallest absolute Gasteiger partial charge is 0.247 e. The maximum atomic E-state index is 13.2. The van der Waals surface area contributed by atoms with Gasteiger partial charge in [0.25, 0.3) is 0 Å². The lowest BCUT2D eigenvalue weighted by atomic mass is 10.1. The minimum Gasteiger partial charge on any atom is -0.373 e. The largest absolute Gasteiger partial charge is 0.373 e. The summed E-state index contributed by atoms with van der Waals surface area (Å²) in [6.07, 6.45) is 0.634. The van der Waals surface area contributed by atoms with Crippen molar-refractivity contribution in [3.8, 4) is 0 Å². The minimum atomic E-state index is -0.383. The molecular weight excluding hydrogens is 323 g/mol. The van der Waals surface area contributed by atoms with E-state index in [2.05, 4.69) is 26.6 Å². The molecule has 5 heteroatoms. The number of hydrogen-bond acceptors (Lipinski definition) is 2. The second kappa shape index (κ2) is 5.25. The van der Waals surface area contributed by atoms with Crippen LogP contribution in [0.15, 0.2) is 46.9 Å². The van der Waals surface area contributed by atoms with E-state index in [4.69, 9.17) is 0 Å². The summed E-state index contributed by atoms with van der Waals surface area (Å²) in [5.41, 5.74) is 2.53. The van der Waals surface area contributed by atoms with Crippen molar-refractivity contribution in [3.63, 3.8) is 0 Å². The van der Waals surface area contributed by atoms with Crippen molar-refractivity contribution in [2.75, 3.05) is 10.6 Å². The molecule has 1 amide bonds. The highest BCUT2D eigenvalue weighted by Gasteiger charge is 2.26. The molecule has 102 valence electrons. The van der Waals surface area contributed by atoms with Gasteiger partial charge in [-0.25, -0.2) is 4.39 Å². The number of amides is 1. The van der Waals surface area contributed by atoms with Crippen LogP contribution in [0.1, 0.15) is 5.56 Å². The Hall–Kier alpha value is -1.88. The molecular formula is C15H12BrFN2O. The van der Waals surface area contributed by atoms with Crippen LogP contribution in [0.4, 0.5) is 15.8 Å². The van der Waals surface area contributed by atoms with E-state index in [1.165, 1.54) is 12.1 Å². The molecule has 1 atom stereocenters. The lowest BCUT2D eigenvalue weighted by Gasteiger charge is -2.13. The van der Waals surface area contributed by atoms with Crippen molar-refractivity contribution >= 4 is 33.2 Å². The summed E-state index contributed by atoms with van der Waals surface area (Å²) in [6, 6.07) is 11.7. The lowest BCUT2D eigenvalue weighted by molar-refractivity contribution is -0.116. The number of fused-ring (bicyclic) bond motifs is 1. The number of carbonyl (C=O) groups is 1. The van der Waals surface area contributed by atoms with Gasteiger partial charge in [0.05, 0.1) is 5.69 Å². The fraction of sp³-hybridized carbons (Fsp3) is 0.133. The Labute approximate surface area is 124 Å². The summed E-state index contributed by atoms with van der Waals surface area (Å²) in [7, 11) is 0. The lowest BCUT2D eigenvalue weighted by Crippen LogP contribution is -2.32. The van der Waals surface area contributed by atoms with Gasteiger partial charge in [0.2, 0.25) is 5.91 Å². The van der Waals surface area contributed by atoms with Crippen molar-refractivity contribution in [3.05, 3.63) is 58.3 Å². The summed E-state index contributed by atoms with van der Waals surface area (Å²) in [5, 5.41) is 5.91. The van der Waals surface area contributed by atoms with Gasteiger partial charge in [-0.15, -0.1) is 0 Å². The maximum Gasteiger partial charge on any atom is 0.247 e. The predicted octanol–water partition coefficient (Wildman–Crippen LogP) is 3.56. The summed E-state index contributed by atoms with van der Waals surface area (Å²) >= 11 is 3.29. The molecule has 3 rings (SSSR count). The number of nitrogens with one attached hydrogen (secondary N) is 2. The number of halogens is 2. The van der Waals surface area contributed by atoms with Crippen LogP contribution in [-0.4, -0.2) is 11.9 Å². The molecule has 2 aromatic carbocycles. The molecule has 0 aliphatic carbocycles. The zero-order chi connectivity index (χ0) is 14.1. The van der Waals surface area contributed by atoms with Crippen LogP contribution >= 0.6 is 15.9 Å². The molecule has 20 heavy (non-hydrogen) atoms. The Morgan fingerprint density at radius 1 is 1.30 bits per heavy atom. The van der Waals surface area contributed by atoms with Gasteiger partial charge in [-0.1, -0.05) is 18.2 Å². The molecule has 0 bridgehead atoms. The third-order valence-electron chi connectivity index (χ3n) is 3.27.